The van der Waals surface area contributed by atoms with Gasteiger partial charge in [0.05, 0.1) is 27.3 Å². The summed E-state index contributed by atoms with van der Waals surface area (Å²) in [4.78, 5) is 43.8. The molecule has 0 amide bonds. The third kappa shape index (κ3) is 7.75. The number of carbonyl (C=O) groups is 3. The van der Waals surface area contributed by atoms with Gasteiger partial charge < -0.3 is 36.2 Å². The van der Waals surface area contributed by atoms with Crippen LogP contribution in [0.25, 0.3) is 10.8 Å². The SMILES string of the molecule is O=C(O)c1cc(Nc2nc(O)nc(Nc3cc(S(=O)(=O)O)cc4cc(S(=O)(=O)O)c(N=Nc5ccccc5C(=O)O)c(O)c34)n2)cc(C(=O)O)c1. The number of carboxylic acids is 3. The lowest BCUT2D eigenvalue weighted by atomic mass is 10.1. The number of aromatic nitrogens is 3. The Kier molecular flexibility index (Phi) is 9.21. The van der Waals surface area contributed by atoms with Crippen molar-refractivity contribution in [2.75, 3.05) is 10.6 Å². The molecule has 1 aromatic heterocycles. The average molecular weight is 742 g/mol. The second kappa shape index (κ2) is 13.2. The summed E-state index contributed by atoms with van der Waals surface area (Å²) in [5.74, 6) is -6.61. The lowest BCUT2D eigenvalue weighted by Crippen LogP contribution is -2.07. The summed E-state index contributed by atoms with van der Waals surface area (Å²) in [6, 6.07) is 9.12. The number of carboxylic acid groups (broad SMARTS) is 3. The number of aromatic hydroxyl groups is 2. The number of fused-ring (bicyclic) bond motifs is 1. The Morgan fingerprint density at radius 1 is 0.686 bits per heavy atom. The van der Waals surface area contributed by atoms with Crippen molar-refractivity contribution in [3.05, 3.63) is 77.4 Å². The molecule has 0 saturated heterocycles. The van der Waals surface area contributed by atoms with Gasteiger partial charge in [-0.2, -0.15) is 31.8 Å². The normalized spacial score (nSPS) is 11.8. The van der Waals surface area contributed by atoms with Crippen molar-refractivity contribution in [1.29, 1.82) is 0 Å². The van der Waals surface area contributed by atoms with Crippen LogP contribution in [-0.4, -0.2) is 84.3 Å². The molecule has 0 spiro atoms. The number of azo groups is 1. The van der Waals surface area contributed by atoms with Crippen molar-refractivity contribution in [3.8, 4) is 11.8 Å². The monoisotopic (exact) mass is 741 g/mol. The van der Waals surface area contributed by atoms with E-state index >= 15 is 0 Å². The second-order valence-electron chi connectivity index (χ2n) is 10.1. The van der Waals surface area contributed by atoms with Crippen LogP contribution >= 0.6 is 0 Å². The predicted octanol–water partition coefficient (Wildman–Crippen LogP) is 3.93. The quantitative estimate of drug-likeness (QED) is 0.0683. The van der Waals surface area contributed by atoms with E-state index < -0.39 is 105 Å². The van der Waals surface area contributed by atoms with Crippen molar-refractivity contribution < 1.29 is 65.9 Å². The standard InChI is InChI=1S/C28H19N7O14S2/c36-22-20-11(9-19(51(47,48)49)21(22)35-34-17-4-2-1-3-16(17)25(41)42)8-15(50(44,45)46)10-18(20)30-27-31-26(32-28(43)33-27)29-14-6-12(23(37)38)5-13(7-14)24(39)40/h1-10,36H,(H,37,38)(H,39,40)(H,41,42)(H,44,45,46)(H,47,48,49)(H3,29,30,31,32,33,43). The van der Waals surface area contributed by atoms with Crippen molar-refractivity contribution in [2.24, 2.45) is 10.2 Å². The highest BCUT2D eigenvalue weighted by Crippen LogP contribution is 2.46. The van der Waals surface area contributed by atoms with Gasteiger partial charge in [-0.1, -0.05) is 12.1 Å². The number of nitrogens with one attached hydrogen (secondary N) is 2. The van der Waals surface area contributed by atoms with Gasteiger partial charge in [0.2, 0.25) is 11.9 Å². The maximum absolute atomic E-state index is 12.4. The maximum atomic E-state index is 12.4. The van der Waals surface area contributed by atoms with Gasteiger partial charge >= 0.3 is 23.9 Å². The van der Waals surface area contributed by atoms with Gasteiger partial charge in [-0.15, -0.1) is 10.2 Å². The van der Waals surface area contributed by atoms with E-state index in [-0.39, 0.29) is 16.9 Å². The predicted molar refractivity (Wildman–Crippen MR) is 171 cm³/mol. The zero-order chi connectivity index (χ0) is 37.4. The molecule has 9 N–H and O–H groups in total. The molecule has 4 aromatic carbocycles. The first-order valence-electron chi connectivity index (χ1n) is 13.5. The molecule has 51 heavy (non-hydrogen) atoms. The Morgan fingerprint density at radius 2 is 1.29 bits per heavy atom. The maximum Gasteiger partial charge on any atom is 0.337 e. The van der Waals surface area contributed by atoms with E-state index in [2.05, 4.69) is 35.8 Å². The van der Waals surface area contributed by atoms with E-state index in [9.17, 15) is 65.9 Å². The lowest BCUT2D eigenvalue weighted by Gasteiger charge is -2.15. The molecule has 0 atom stereocenters. The van der Waals surface area contributed by atoms with Gasteiger partial charge in [0.15, 0.2) is 5.75 Å². The van der Waals surface area contributed by atoms with Crippen LogP contribution in [0.4, 0.5) is 34.6 Å². The van der Waals surface area contributed by atoms with Gasteiger partial charge in [-0.05, 0) is 53.9 Å². The summed E-state index contributed by atoms with van der Waals surface area (Å²) in [6.07, 6.45) is 0. The number of anilines is 4. The molecule has 0 bridgehead atoms. The Balaban J connectivity index is 1.69. The zero-order valence-corrected chi connectivity index (χ0v) is 26.4. The lowest BCUT2D eigenvalue weighted by molar-refractivity contribution is 0.0682. The molecular formula is C28H19N7O14S2. The number of aromatic carboxylic acids is 3. The Hall–Kier alpha value is -6.82. The van der Waals surface area contributed by atoms with Crippen molar-refractivity contribution >= 4 is 83.6 Å². The summed E-state index contributed by atoms with van der Waals surface area (Å²) >= 11 is 0. The molecule has 1 heterocycles. The van der Waals surface area contributed by atoms with Crippen LogP contribution in [0.15, 0.2) is 80.7 Å². The number of hydrogen-bond acceptors (Lipinski definition) is 16. The Labute approximate surface area is 283 Å². The van der Waals surface area contributed by atoms with Crippen molar-refractivity contribution in [2.45, 2.75) is 9.79 Å². The topological polar surface area (TPSA) is 349 Å². The van der Waals surface area contributed by atoms with Crippen LogP contribution in [-0.2, 0) is 20.2 Å². The zero-order valence-electron chi connectivity index (χ0n) is 24.8. The smallest absolute Gasteiger partial charge is 0.337 e. The number of nitrogens with zero attached hydrogens (tertiary/aromatic N) is 5. The van der Waals surface area contributed by atoms with Crippen LogP contribution in [0.2, 0.25) is 0 Å². The summed E-state index contributed by atoms with van der Waals surface area (Å²) in [7, 11) is -10.3. The highest BCUT2D eigenvalue weighted by atomic mass is 32.2. The highest BCUT2D eigenvalue weighted by molar-refractivity contribution is 7.86. The molecule has 23 heteroatoms. The van der Waals surface area contributed by atoms with Gasteiger partial charge in [0.1, 0.15) is 16.3 Å². The van der Waals surface area contributed by atoms with E-state index in [0.29, 0.717) is 6.07 Å². The van der Waals surface area contributed by atoms with Crippen LogP contribution < -0.4 is 10.6 Å². The van der Waals surface area contributed by atoms with Crippen LogP contribution in [0.3, 0.4) is 0 Å². The average Bonchev–Trinajstić information content (AvgIpc) is 3.02. The van der Waals surface area contributed by atoms with E-state index in [1.54, 1.807) is 0 Å². The van der Waals surface area contributed by atoms with Crippen LogP contribution in [0.5, 0.6) is 11.8 Å². The fourth-order valence-electron chi connectivity index (χ4n) is 4.52. The summed E-state index contributed by atoms with van der Waals surface area (Å²) < 4.78 is 68.8. The number of hydrogen-bond donors (Lipinski definition) is 9. The molecule has 262 valence electrons. The van der Waals surface area contributed by atoms with E-state index in [0.717, 1.165) is 36.4 Å². The Bertz CT molecular complexity index is 2530. The molecule has 0 unspecified atom stereocenters. The minimum absolute atomic E-state index is 0.169. The number of phenols is 1. The Morgan fingerprint density at radius 3 is 1.86 bits per heavy atom. The van der Waals surface area contributed by atoms with E-state index in [1.807, 2.05) is 0 Å². The van der Waals surface area contributed by atoms with Gasteiger partial charge in [0, 0.05) is 11.1 Å². The molecule has 0 aliphatic rings. The second-order valence-corrected chi connectivity index (χ2v) is 12.9. The summed E-state index contributed by atoms with van der Waals surface area (Å²) in [5, 5.41) is 61.1. The third-order valence-electron chi connectivity index (χ3n) is 6.64. The number of rotatable bonds is 11. The first-order valence-corrected chi connectivity index (χ1v) is 16.3. The summed E-state index contributed by atoms with van der Waals surface area (Å²) in [5.41, 5.74) is -3.17. The molecule has 0 saturated carbocycles. The molecular weight excluding hydrogens is 722 g/mol. The number of benzene rings is 4. The van der Waals surface area contributed by atoms with Crippen LogP contribution in [0.1, 0.15) is 31.1 Å². The van der Waals surface area contributed by atoms with Gasteiger partial charge in [-0.3, -0.25) is 9.11 Å². The van der Waals surface area contributed by atoms with Crippen LogP contribution in [0, 0.1) is 0 Å². The molecule has 0 aliphatic heterocycles. The molecule has 0 radical (unpaired) electrons. The minimum Gasteiger partial charge on any atom is -0.505 e. The van der Waals surface area contributed by atoms with Crippen molar-refractivity contribution in [1.82, 2.24) is 15.0 Å². The van der Waals surface area contributed by atoms with E-state index in [4.69, 9.17) is 0 Å². The molecule has 21 nitrogen and oxygen atoms in total. The third-order valence-corrected chi connectivity index (χ3v) is 8.34. The van der Waals surface area contributed by atoms with Crippen molar-refractivity contribution in [3.63, 3.8) is 0 Å². The minimum atomic E-state index is -5.27. The fourth-order valence-corrected chi connectivity index (χ4v) is 5.72. The molecule has 0 aliphatic carbocycles. The molecule has 5 aromatic rings. The largest absolute Gasteiger partial charge is 0.505 e. The first-order chi connectivity index (χ1) is 23.8. The van der Waals surface area contributed by atoms with Gasteiger partial charge in [0.25, 0.3) is 20.2 Å². The first kappa shape index (κ1) is 35.5. The molecule has 0 fully saturated rings. The fraction of sp³-hybridized carbons (Fsp3) is 0. The summed E-state index contributed by atoms with van der Waals surface area (Å²) in [6.45, 7) is 0. The van der Waals surface area contributed by atoms with Gasteiger partial charge in [-0.25, -0.2) is 14.4 Å². The molecule has 5 rings (SSSR count). The van der Waals surface area contributed by atoms with E-state index in [1.165, 1.54) is 18.2 Å². The highest BCUT2D eigenvalue weighted by Gasteiger charge is 2.26. The number of phenolic OH excluding ortho intramolecular Hbond substituents is 1.